The van der Waals surface area contributed by atoms with E-state index in [2.05, 4.69) is 10.3 Å². The Hall–Kier alpha value is -0.950. The highest BCUT2D eigenvalue weighted by molar-refractivity contribution is 7.91. The van der Waals surface area contributed by atoms with Crippen LogP contribution in [0.1, 0.15) is 24.6 Å². The molecule has 0 radical (unpaired) electrons. The van der Waals surface area contributed by atoms with Gasteiger partial charge in [0.15, 0.2) is 9.84 Å². The highest BCUT2D eigenvalue weighted by atomic mass is 32.2. The molecule has 7 heteroatoms. The van der Waals surface area contributed by atoms with Crippen molar-refractivity contribution in [1.29, 1.82) is 0 Å². The van der Waals surface area contributed by atoms with E-state index in [4.69, 9.17) is 0 Å². The van der Waals surface area contributed by atoms with Gasteiger partial charge in [-0.15, -0.1) is 5.10 Å². The standard InChI is InChI=1S/C9H15N3O3S/c1-12-8(5-10-11-12)9(13)4-7-2-3-16(14,15)6-7/h5,7,9,13H,2-4,6H2,1H3. The maximum Gasteiger partial charge on any atom is 0.150 e. The molecule has 2 unspecified atom stereocenters. The molecule has 2 atom stereocenters. The summed E-state index contributed by atoms with van der Waals surface area (Å²) in [5.41, 5.74) is 0.629. The Morgan fingerprint density at radius 2 is 2.44 bits per heavy atom. The molecular weight excluding hydrogens is 230 g/mol. The zero-order valence-electron chi connectivity index (χ0n) is 9.07. The van der Waals surface area contributed by atoms with Gasteiger partial charge < -0.3 is 5.11 Å². The Kier molecular flexibility index (Phi) is 2.98. The minimum atomic E-state index is -2.87. The fourth-order valence-corrected chi connectivity index (χ4v) is 3.97. The highest BCUT2D eigenvalue weighted by Gasteiger charge is 2.30. The van der Waals surface area contributed by atoms with Crippen molar-refractivity contribution in [1.82, 2.24) is 15.0 Å². The second kappa shape index (κ2) is 4.14. The van der Waals surface area contributed by atoms with E-state index in [1.54, 1.807) is 7.05 Å². The van der Waals surface area contributed by atoms with Crippen LogP contribution < -0.4 is 0 Å². The third-order valence-corrected chi connectivity index (χ3v) is 4.81. The van der Waals surface area contributed by atoms with Gasteiger partial charge in [-0.1, -0.05) is 5.21 Å². The molecule has 1 N–H and O–H groups in total. The zero-order chi connectivity index (χ0) is 11.8. The van der Waals surface area contributed by atoms with Gasteiger partial charge in [-0.25, -0.2) is 13.1 Å². The fraction of sp³-hybridized carbons (Fsp3) is 0.778. The lowest BCUT2D eigenvalue weighted by molar-refractivity contribution is 0.140. The van der Waals surface area contributed by atoms with Crippen molar-refractivity contribution < 1.29 is 13.5 Å². The summed E-state index contributed by atoms with van der Waals surface area (Å²) in [4.78, 5) is 0. The molecule has 2 rings (SSSR count). The summed E-state index contributed by atoms with van der Waals surface area (Å²) in [6, 6.07) is 0. The maximum atomic E-state index is 11.3. The molecule has 16 heavy (non-hydrogen) atoms. The molecule has 1 aliphatic rings. The van der Waals surface area contributed by atoms with E-state index in [0.29, 0.717) is 18.5 Å². The van der Waals surface area contributed by atoms with Gasteiger partial charge in [0.2, 0.25) is 0 Å². The quantitative estimate of drug-likeness (QED) is 0.788. The van der Waals surface area contributed by atoms with E-state index in [1.807, 2.05) is 0 Å². The van der Waals surface area contributed by atoms with Crippen LogP contribution in [0.2, 0.25) is 0 Å². The Bertz CT molecular complexity index is 468. The van der Waals surface area contributed by atoms with E-state index in [-0.39, 0.29) is 17.4 Å². The molecule has 0 aromatic carbocycles. The predicted molar refractivity (Wildman–Crippen MR) is 57.3 cm³/mol. The largest absolute Gasteiger partial charge is 0.387 e. The van der Waals surface area contributed by atoms with Gasteiger partial charge in [-0.2, -0.15) is 0 Å². The minimum Gasteiger partial charge on any atom is -0.387 e. The number of aliphatic hydroxyl groups excluding tert-OH is 1. The highest BCUT2D eigenvalue weighted by Crippen LogP contribution is 2.28. The smallest absolute Gasteiger partial charge is 0.150 e. The average molecular weight is 245 g/mol. The monoisotopic (exact) mass is 245 g/mol. The molecule has 0 amide bonds. The molecule has 90 valence electrons. The lowest BCUT2D eigenvalue weighted by atomic mass is 10.00. The predicted octanol–water partition coefficient (Wildman–Crippen LogP) is -0.327. The van der Waals surface area contributed by atoms with Crippen molar-refractivity contribution in [2.75, 3.05) is 11.5 Å². The molecule has 1 saturated heterocycles. The number of rotatable bonds is 3. The lowest BCUT2D eigenvalue weighted by Crippen LogP contribution is -2.12. The average Bonchev–Trinajstić information content (AvgIpc) is 2.72. The first kappa shape index (κ1) is 11.5. The van der Waals surface area contributed by atoms with Gasteiger partial charge >= 0.3 is 0 Å². The van der Waals surface area contributed by atoms with Crippen LogP contribution in [0.15, 0.2) is 6.20 Å². The van der Waals surface area contributed by atoms with Crippen LogP contribution in [0, 0.1) is 5.92 Å². The van der Waals surface area contributed by atoms with Crippen molar-refractivity contribution >= 4 is 9.84 Å². The number of nitrogens with zero attached hydrogens (tertiary/aromatic N) is 3. The third kappa shape index (κ3) is 2.41. The van der Waals surface area contributed by atoms with Crippen LogP contribution in [-0.4, -0.2) is 40.0 Å². The van der Waals surface area contributed by atoms with Crippen LogP contribution in [0.5, 0.6) is 0 Å². The Balaban J connectivity index is 1.99. The fourth-order valence-electron chi connectivity index (χ4n) is 2.09. The number of aliphatic hydroxyl groups is 1. The molecule has 2 heterocycles. The van der Waals surface area contributed by atoms with Crippen molar-refractivity contribution in [3.05, 3.63) is 11.9 Å². The molecule has 0 aliphatic carbocycles. The van der Waals surface area contributed by atoms with Crippen LogP contribution in [0.4, 0.5) is 0 Å². The van der Waals surface area contributed by atoms with Crippen molar-refractivity contribution in [2.45, 2.75) is 18.9 Å². The molecule has 0 bridgehead atoms. The van der Waals surface area contributed by atoms with E-state index in [9.17, 15) is 13.5 Å². The molecule has 0 saturated carbocycles. The summed E-state index contributed by atoms with van der Waals surface area (Å²) < 4.78 is 24.0. The normalized spacial score (nSPS) is 25.8. The number of aryl methyl sites for hydroxylation is 1. The van der Waals surface area contributed by atoms with Gasteiger partial charge in [0, 0.05) is 7.05 Å². The number of sulfone groups is 1. The van der Waals surface area contributed by atoms with Gasteiger partial charge in [-0.3, -0.25) is 0 Å². The van der Waals surface area contributed by atoms with Gasteiger partial charge in [-0.05, 0) is 18.8 Å². The Morgan fingerprint density at radius 1 is 1.69 bits per heavy atom. The van der Waals surface area contributed by atoms with Crippen molar-refractivity contribution in [3.63, 3.8) is 0 Å². The van der Waals surface area contributed by atoms with Gasteiger partial charge in [0.1, 0.15) is 0 Å². The van der Waals surface area contributed by atoms with E-state index < -0.39 is 15.9 Å². The molecule has 6 nitrogen and oxygen atoms in total. The molecule has 0 spiro atoms. The summed E-state index contributed by atoms with van der Waals surface area (Å²) >= 11 is 0. The molecular formula is C9H15N3O3S. The molecule has 1 aromatic heterocycles. The first-order valence-electron chi connectivity index (χ1n) is 5.21. The minimum absolute atomic E-state index is 0.0508. The molecule has 1 aliphatic heterocycles. The van der Waals surface area contributed by atoms with Crippen LogP contribution >= 0.6 is 0 Å². The number of hydrogen-bond donors (Lipinski definition) is 1. The van der Waals surface area contributed by atoms with Crippen LogP contribution in [0.25, 0.3) is 0 Å². The van der Waals surface area contributed by atoms with E-state index >= 15 is 0 Å². The Morgan fingerprint density at radius 3 is 2.94 bits per heavy atom. The second-order valence-corrected chi connectivity index (χ2v) is 6.53. The molecule has 1 aromatic rings. The first-order chi connectivity index (χ1) is 7.48. The molecule has 1 fully saturated rings. The summed E-state index contributed by atoms with van der Waals surface area (Å²) in [6.07, 6.45) is 1.93. The summed E-state index contributed by atoms with van der Waals surface area (Å²) in [7, 11) is -1.16. The van der Waals surface area contributed by atoms with Crippen molar-refractivity contribution in [3.8, 4) is 0 Å². The topological polar surface area (TPSA) is 85.1 Å². The van der Waals surface area contributed by atoms with E-state index in [1.165, 1.54) is 10.9 Å². The number of hydrogen-bond acceptors (Lipinski definition) is 5. The first-order valence-corrected chi connectivity index (χ1v) is 7.03. The maximum absolute atomic E-state index is 11.3. The van der Waals surface area contributed by atoms with E-state index in [0.717, 1.165) is 0 Å². The SMILES string of the molecule is Cn1nncc1C(O)CC1CCS(=O)(=O)C1. The lowest BCUT2D eigenvalue weighted by Gasteiger charge is -2.13. The zero-order valence-corrected chi connectivity index (χ0v) is 9.89. The summed E-state index contributed by atoms with van der Waals surface area (Å²) in [6.45, 7) is 0. The van der Waals surface area contributed by atoms with Crippen LogP contribution in [0.3, 0.4) is 0 Å². The summed E-state index contributed by atoms with van der Waals surface area (Å²) in [5.74, 6) is 0.485. The van der Waals surface area contributed by atoms with Crippen LogP contribution in [-0.2, 0) is 16.9 Å². The van der Waals surface area contributed by atoms with Gasteiger partial charge in [0.05, 0.1) is 29.5 Å². The third-order valence-electron chi connectivity index (χ3n) is 2.97. The summed E-state index contributed by atoms with van der Waals surface area (Å²) in [5, 5.41) is 17.3. The Labute approximate surface area is 94.2 Å². The number of aromatic nitrogens is 3. The second-order valence-electron chi connectivity index (χ2n) is 4.30. The van der Waals surface area contributed by atoms with Crippen molar-refractivity contribution in [2.24, 2.45) is 13.0 Å². The van der Waals surface area contributed by atoms with Gasteiger partial charge in [0.25, 0.3) is 0 Å².